The highest BCUT2D eigenvalue weighted by molar-refractivity contribution is 6.31. The minimum Gasteiger partial charge on any atom is -0.268 e. The monoisotopic (exact) mass is 299 g/mol. The molecule has 100 valence electrons. The Labute approximate surface area is 119 Å². The minimum absolute atomic E-state index is 0.0238. The van der Waals surface area contributed by atoms with Gasteiger partial charge in [0.05, 0.1) is 28.1 Å². The van der Waals surface area contributed by atoms with E-state index in [2.05, 4.69) is 5.10 Å². The Morgan fingerprint density at radius 3 is 2.79 bits per heavy atom. The van der Waals surface area contributed by atoms with Crippen molar-refractivity contribution in [3.8, 4) is 0 Å². The van der Waals surface area contributed by atoms with Crippen molar-refractivity contribution >= 4 is 28.9 Å². The number of aromatic nitrogens is 2. The van der Waals surface area contributed by atoms with Crippen LogP contribution in [-0.4, -0.2) is 14.7 Å². The average Bonchev–Trinajstić information content (AvgIpc) is 2.80. The molecule has 19 heavy (non-hydrogen) atoms. The summed E-state index contributed by atoms with van der Waals surface area (Å²) in [6, 6.07) is 4.40. The molecule has 0 spiro atoms. The van der Waals surface area contributed by atoms with Crippen LogP contribution in [0.3, 0.4) is 0 Å². The number of hydrogen-bond acceptors (Lipinski definition) is 3. The molecule has 1 atom stereocenters. The second kappa shape index (κ2) is 5.59. The zero-order chi connectivity index (χ0) is 14.0. The molecule has 0 fully saturated rings. The van der Waals surface area contributed by atoms with E-state index in [1.807, 2.05) is 13.1 Å². The van der Waals surface area contributed by atoms with E-state index in [1.165, 1.54) is 12.1 Å². The number of rotatable bonds is 4. The van der Waals surface area contributed by atoms with Crippen molar-refractivity contribution in [1.82, 2.24) is 9.78 Å². The quantitative estimate of drug-likeness (QED) is 0.490. The molecule has 2 rings (SSSR count). The summed E-state index contributed by atoms with van der Waals surface area (Å²) in [6.07, 6.45) is 3.52. The summed E-state index contributed by atoms with van der Waals surface area (Å²) in [5, 5.41) is 15.0. The van der Waals surface area contributed by atoms with Gasteiger partial charge in [-0.15, -0.1) is 11.6 Å². The summed E-state index contributed by atoms with van der Waals surface area (Å²) in [6.45, 7) is 2.31. The number of benzene rings is 1. The predicted octanol–water partition coefficient (Wildman–Crippen LogP) is 3.79. The standard InChI is InChI=1S/C12H11Cl2N3O2/c1-8(13)10-5-15-16(7-10)6-9-2-3-11(17(18)19)4-12(9)14/h2-5,7-8H,6H2,1H3. The average molecular weight is 300 g/mol. The van der Waals surface area contributed by atoms with Gasteiger partial charge < -0.3 is 0 Å². The Hall–Kier alpha value is -1.59. The molecule has 0 amide bonds. The fourth-order valence-corrected chi connectivity index (χ4v) is 1.97. The molecule has 0 aliphatic carbocycles. The summed E-state index contributed by atoms with van der Waals surface area (Å²) >= 11 is 12.0. The van der Waals surface area contributed by atoms with Gasteiger partial charge in [0.1, 0.15) is 0 Å². The molecule has 0 saturated carbocycles. The Balaban J connectivity index is 2.20. The minimum atomic E-state index is -0.475. The van der Waals surface area contributed by atoms with E-state index in [1.54, 1.807) is 16.9 Å². The number of nitro benzene ring substituents is 1. The second-order valence-electron chi connectivity index (χ2n) is 4.12. The van der Waals surface area contributed by atoms with Gasteiger partial charge in [0, 0.05) is 23.9 Å². The summed E-state index contributed by atoms with van der Waals surface area (Å²) in [7, 11) is 0. The molecule has 1 unspecified atom stereocenters. The SMILES string of the molecule is CC(Cl)c1cnn(Cc2ccc([N+](=O)[O-])cc2Cl)c1. The maximum atomic E-state index is 10.6. The van der Waals surface area contributed by atoms with Gasteiger partial charge >= 0.3 is 0 Å². The van der Waals surface area contributed by atoms with Crippen molar-refractivity contribution in [2.24, 2.45) is 0 Å². The van der Waals surface area contributed by atoms with E-state index in [9.17, 15) is 10.1 Å². The van der Waals surface area contributed by atoms with Crippen molar-refractivity contribution in [2.45, 2.75) is 18.8 Å². The molecule has 0 saturated heterocycles. The Kier molecular flexibility index (Phi) is 4.07. The molecule has 2 aromatic rings. The largest absolute Gasteiger partial charge is 0.270 e. The third-order valence-corrected chi connectivity index (χ3v) is 3.30. The van der Waals surface area contributed by atoms with Crippen LogP contribution < -0.4 is 0 Å². The van der Waals surface area contributed by atoms with Crippen LogP contribution in [0.15, 0.2) is 30.6 Å². The van der Waals surface area contributed by atoms with E-state index in [0.29, 0.717) is 11.6 Å². The van der Waals surface area contributed by atoms with Crippen molar-refractivity contribution in [3.05, 3.63) is 56.9 Å². The van der Waals surface area contributed by atoms with E-state index in [-0.39, 0.29) is 11.1 Å². The van der Waals surface area contributed by atoms with Crippen molar-refractivity contribution < 1.29 is 4.92 Å². The molecule has 0 N–H and O–H groups in total. The van der Waals surface area contributed by atoms with Gasteiger partial charge in [-0.3, -0.25) is 14.8 Å². The smallest absolute Gasteiger partial charge is 0.268 e. The molecule has 0 aliphatic heterocycles. The summed E-state index contributed by atoms with van der Waals surface area (Å²) in [5.74, 6) is 0. The highest BCUT2D eigenvalue weighted by Crippen LogP contribution is 2.24. The van der Waals surface area contributed by atoms with Gasteiger partial charge in [-0.1, -0.05) is 11.6 Å². The maximum Gasteiger partial charge on any atom is 0.270 e. The fourth-order valence-electron chi connectivity index (χ4n) is 1.62. The molecule has 1 aromatic carbocycles. The Morgan fingerprint density at radius 2 is 2.26 bits per heavy atom. The number of alkyl halides is 1. The lowest BCUT2D eigenvalue weighted by atomic mass is 10.2. The first-order valence-electron chi connectivity index (χ1n) is 5.56. The van der Waals surface area contributed by atoms with Crippen LogP contribution in [0.4, 0.5) is 5.69 Å². The first kappa shape index (κ1) is 13.8. The second-order valence-corrected chi connectivity index (χ2v) is 5.18. The Morgan fingerprint density at radius 1 is 1.53 bits per heavy atom. The highest BCUT2D eigenvalue weighted by Gasteiger charge is 2.11. The molecule has 0 bridgehead atoms. The van der Waals surface area contributed by atoms with Gasteiger partial charge in [-0.05, 0) is 18.6 Å². The van der Waals surface area contributed by atoms with E-state index < -0.39 is 4.92 Å². The molecule has 5 nitrogen and oxygen atoms in total. The highest BCUT2D eigenvalue weighted by atomic mass is 35.5. The van der Waals surface area contributed by atoms with Gasteiger partial charge in [0.15, 0.2) is 0 Å². The molecule has 7 heteroatoms. The lowest BCUT2D eigenvalue weighted by Gasteiger charge is -2.04. The Bertz CT molecular complexity index is 611. The van der Waals surface area contributed by atoms with Crippen LogP contribution in [0.2, 0.25) is 5.02 Å². The van der Waals surface area contributed by atoms with E-state index in [0.717, 1.165) is 11.1 Å². The van der Waals surface area contributed by atoms with Gasteiger partial charge in [-0.25, -0.2) is 0 Å². The molecule has 1 heterocycles. The normalized spacial score (nSPS) is 12.4. The number of hydrogen-bond donors (Lipinski definition) is 0. The third-order valence-electron chi connectivity index (χ3n) is 2.69. The summed E-state index contributed by atoms with van der Waals surface area (Å²) in [4.78, 5) is 10.1. The lowest BCUT2D eigenvalue weighted by Crippen LogP contribution is -2.01. The number of halogens is 2. The summed E-state index contributed by atoms with van der Waals surface area (Å²) in [5.41, 5.74) is 1.66. The van der Waals surface area contributed by atoms with Gasteiger partial charge in [0.2, 0.25) is 0 Å². The van der Waals surface area contributed by atoms with Crippen molar-refractivity contribution in [1.29, 1.82) is 0 Å². The first-order chi connectivity index (χ1) is 8.97. The van der Waals surface area contributed by atoms with Crippen molar-refractivity contribution in [2.75, 3.05) is 0 Å². The van der Waals surface area contributed by atoms with Gasteiger partial charge in [0.25, 0.3) is 5.69 Å². The third kappa shape index (κ3) is 3.24. The summed E-state index contributed by atoms with van der Waals surface area (Å²) < 4.78 is 1.70. The molecule has 0 aliphatic rings. The van der Waals surface area contributed by atoms with Gasteiger partial charge in [-0.2, -0.15) is 5.10 Å². The van der Waals surface area contributed by atoms with Crippen LogP contribution in [0.5, 0.6) is 0 Å². The number of non-ortho nitro benzene ring substituents is 1. The maximum absolute atomic E-state index is 10.6. The predicted molar refractivity (Wildman–Crippen MR) is 73.7 cm³/mol. The number of nitro groups is 1. The van der Waals surface area contributed by atoms with Crippen molar-refractivity contribution in [3.63, 3.8) is 0 Å². The van der Waals surface area contributed by atoms with Crippen LogP contribution in [0.1, 0.15) is 23.4 Å². The topological polar surface area (TPSA) is 61.0 Å². The van der Waals surface area contributed by atoms with Crippen LogP contribution in [0, 0.1) is 10.1 Å². The zero-order valence-electron chi connectivity index (χ0n) is 10.1. The lowest BCUT2D eigenvalue weighted by molar-refractivity contribution is -0.384. The number of nitrogens with zero attached hydrogens (tertiary/aromatic N) is 3. The van der Waals surface area contributed by atoms with Crippen LogP contribution >= 0.6 is 23.2 Å². The first-order valence-corrected chi connectivity index (χ1v) is 6.38. The molecular weight excluding hydrogens is 289 g/mol. The van der Waals surface area contributed by atoms with E-state index >= 15 is 0 Å². The zero-order valence-corrected chi connectivity index (χ0v) is 11.6. The van der Waals surface area contributed by atoms with Crippen LogP contribution in [0.25, 0.3) is 0 Å². The van der Waals surface area contributed by atoms with Crippen LogP contribution in [-0.2, 0) is 6.54 Å². The molecule has 0 radical (unpaired) electrons. The molecule has 1 aromatic heterocycles. The van der Waals surface area contributed by atoms with E-state index in [4.69, 9.17) is 23.2 Å². The fraction of sp³-hybridized carbons (Fsp3) is 0.250. The molecular formula is C12H11Cl2N3O2.